The Hall–Kier alpha value is -3.80. The molecule has 11 heteroatoms. The van der Waals surface area contributed by atoms with E-state index in [0.717, 1.165) is 26.9 Å². The van der Waals surface area contributed by atoms with Gasteiger partial charge in [-0.2, -0.15) is 5.10 Å². The van der Waals surface area contributed by atoms with Gasteiger partial charge in [0.05, 0.1) is 25.9 Å². The van der Waals surface area contributed by atoms with Gasteiger partial charge >= 0.3 is 0 Å². The molecular formula is C26H21BrN4O4S2. The van der Waals surface area contributed by atoms with E-state index in [2.05, 4.69) is 31.8 Å². The largest absolute Gasteiger partial charge is 0.506 e. The van der Waals surface area contributed by atoms with Crippen LogP contribution in [0.2, 0.25) is 0 Å². The summed E-state index contributed by atoms with van der Waals surface area (Å²) in [7, 11) is 0. The molecule has 3 amide bonds. The Morgan fingerprint density at radius 3 is 2.27 bits per heavy atom. The standard InChI is InChI=1S/C26H21BrN4O4S2/c1-14(19-13-36-23(22(19)32)16-6-8-18(27)9-7-16)30-31-26(35)21-11-10-20(37-21)25(34)29-12-15-2-4-17(5-3-15)24(28)33/h2-11,13,32H,12H2,1H3,(H2,28,33)(H,29,34)(H,31,35). The zero-order valence-electron chi connectivity index (χ0n) is 19.4. The lowest BCUT2D eigenvalue weighted by Crippen LogP contribution is -2.22. The number of nitrogens with one attached hydrogen (secondary N) is 2. The third-order valence-electron chi connectivity index (χ3n) is 5.33. The smallest absolute Gasteiger partial charge is 0.281 e. The number of amides is 3. The molecule has 0 radical (unpaired) electrons. The second-order valence-corrected chi connectivity index (χ2v) is 10.8. The van der Waals surface area contributed by atoms with E-state index in [1.165, 1.54) is 11.3 Å². The summed E-state index contributed by atoms with van der Waals surface area (Å²) < 4.78 is 0.943. The first-order chi connectivity index (χ1) is 17.7. The van der Waals surface area contributed by atoms with Crippen LogP contribution >= 0.6 is 38.6 Å². The molecule has 4 aromatic rings. The minimum Gasteiger partial charge on any atom is -0.506 e. The predicted molar refractivity (Wildman–Crippen MR) is 149 cm³/mol. The van der Waals surface area contributed by atoms with Crippen molar-refractivity contribution in [1.29, 1.82) is 0 Å². The Kier molecular flexibility index (Phi) is 8.17. The minimum absolute atomic E-state index is 0.0992. The summed E-state index contributed by atoms with van der Waals surface area (Å²) in [4.78, 5) is 37.6. The van der Waals surface area contributed by atoms with E-state index >= 15 is 0 Å². The number of benzene rings is 2. The summed E-state index contributed by atoms with van der Waals surface area (Å²) in [5, 5.41) is 19.4. The molecule has 37 heavy (non-hydrogen) atoms. The topological polar surface area (TPSA) is 134 Å². The minimum atomic E-state index is -0.517. The van der Waals surface area contributed by atoms with Gasteiger partial charge in [0.2, 0.25) is 5.91 Å². The van der Waals surface area contributed by atoms with Crippen LogP contribution in [0.4, 0.5) is 0 Å². The van der Waals surface area contributed by atoms with Crippen molar-refractivity contribution in [2.75, 3.05) is 0 Å². The summed E-state index contributed by atoms with van der Waals surface area (Å²) in [5.41, 5.74) is 10.8. The quantitative estimate of drug-likeness (QED) is 0.166. The highest BCUT2D eigenvalue weighted by Crippen LogP contribution is 2.39. The molecule has 0 bridgehead atoms. The maximum atomic E-state index is 12.6. The molecule has 188 valence electrons. The summed E-state index contributed by atoms with van der Waals surface area (Å²) in [5.74, 6) is -1.21. The van der Waals surface area contributed by atoms with E-state index in [-0.39, 0.29) is 18.2 Å². The van der Waals surface area contributed by atoms with Crippen LogP contribution in [0.1, 0.15) is 47.8 Å². The second kappa shape index (κ2) is 11.5. The average Bonchev–Trinajstić information content (AvgIpc) is 3.54. The summed E-state index contributed by atoms with van der Waals surface area (Å²) in [6.45, 7) is 1.95. The molecule has 0 fully saturated rings. The van der Waals surface area contributed by atoms with E-state index in [1.54, 1.807) is 48.7 Å². The molecule has 0 aliphatic heterocycles. The molecule has 0 spiro atoms. The zero-order valence-corrected chi connectivity index (χ0v) is 22.7. The van der Waals surface area contributed by atoms with Crippen LogP contribution in [0.3, 0.4) is 0 Å². The number of rotatable bonds is 8. The number of nitrogens with zero attached hydrogens (tertiary/aromatic N) is 1. The molecule has 0 unspecified atom stereocenters. The molecule has 5 N–H and O–H groups in total. The first-order valence-electron chi connectivity index (χ1n) is 10.9. The van der Waals surface area contributed by atoms with Crippen LogP contribution < -0.4 is 16.5 Å². The normalized spacial score (nSPS) is 11.2. The fraction of sp³-hybridized carbons (Fsp3) is 0.0769. The number of hydrogen-bond donors (Lipinski definition) is 4. The molecule has 4 rings (SSSR count). The molecule has 0 saturated carbocycles. The van der Waals surface area contributed by atoms with Gasteiger partial charge in [0.25, 0.3) is 11.8 Å². The van der Waals surface area contributed by atoms with Crippen molar-refractivity contribution in [2.24, 2.45) is 10.8 Å². The van der Waals surface area contributed by atoms with Crippen LogP contribution in [0.5, 0.6) is 5.75 Å². The number of nitrogens with two attached hydrogens (primary N) is 1. The predicted octanol–water partition coefficient (Wildman–Crippen LogP) is 5.13. The van der Waals surface area contributed by atoms with Crippen LogP contribution in [-0.4, -0.2) is 28.5 Å². The number of hydrogen-bond acceptors (Lipinski definition) is 7. The van der Waals surface area contributed by atoms with Crippen LogP contribution in [-0.2, 0) is 6.54 Å². The Morgan fingerprint density at radius 1 is 0.973 bits per heavy atom. The molecule has 8 nitrogen and oxygen atoms in total. The fourth-order valence-electron chi connectivity index (χ4n) is 3.30. The van der Waals surface area contributed by atoms with E-state index in [1.807, 2.05) is 24.3 Å². The lowest BCUT2D eigenvalue weighted by molar-refractivity contribution is 0.0950. The molecule has 0 atom stereocenters. The van der Waals surface area contributed by atoms with E-state index in [9.17, 15) is 19.5 Å². The van der Waals surface area contributed by atoms with Gasteiger partial charge in [-0.3, -0.25) is 14.4 Å². The molecule has 0 aliphatic rings. The number of primary amides is 1. The van der Waals surface area contributed by atoms with E-state index in [4.69, 9.17) is 5.73 Å². The monoisotopic (exact) mass is 596 g/mol. The first-order valence-corrected chi connectivity index (χ1v) is 13.4. The van der Waals surface area contributed by atoms with E-state index < -0.39 is 11.8 Å². The van der Waals surface area contributed by atoms with Crippen molar-refractivity contribution in [3.63, 3.8) is 0 Å². The molecule has 0 aliphatic carbocycles. The van der Waals surface area contributed by atoms with Gasteiger partial charge in [0, 0.05) is 22.0 Å². The highest BCUT2D eigenvalue weighted by atomic mass is 79.9. The number of thiophene rings is 2. The summed E-state index contributed by atoms with van der Waals surface area (Å²) in [6.07, 6.45) is 0. The van der Waals surface area contributed by atoms with Gasteiger partial charge in [-0.1, -0.05) is 40.2 Å². The van der Waals surface area contributed by atoms with Gasteiger partial charge < -0.3 is 16.2 Å². The van der Waals surface area contributed by atoms with Gasteiger partial charge in [0.15, 0.2) is 0 Å². The third-order valence-corrected chi connectivity index (χ3v) is 7.96. The molecular weight excluding hydrogens is 576 g/mol. The Morgan fingerprint density at radius 2 is 1.62 bits per heavy atom. The van der Waals surface area contributed by atoms with Crippen LogP contribution in [0.15, 0.2) is 75.6 Å². The average molecular weight is 598 g/mol. The Labute approximate surface area is 229 Å². The maximum Gasteiger partial charge on any atom is 0.281 e. The third kappa shape index (κ3) is 6.31. The fourth-order valence-corrected chi connectivity index (χ4v) is 5.39. The van der Waals surface area contributed by atoms with Crippen molar-refractivity contribution < 1.29 is 19.5 Å². The zero-order chi connectivity index (χ0) is 26.5. The number of halogens is 1. The Balaban J connectivity index is 1.36. The Bertz CT molecular complexity index is 1490. The van der Waals surface area contributed by atoms with Crippen LogP contribution in [0, 0.1) is 0 Å². The van der Waals surface area contributed by atoms with Crippen molar-refractivity contribution >= 4 is 62.0 Å². The lowest BCUT2D eigenvalue weighted by atomic mass is 10.1. The molecule has 2 heterocycles. The van der Waals surface area contributed by atoms with Crippen molar-refractivity contribution in [1.82, 2.24) is 10.7 Å². The van der Waals surface area contributed by atoms with Crippen molar-refractivity contribution in [3.8, 4) is 16.2 Å². The first kappa shape index (κ1) is 26.3. The van der Waals surface area contributed by atoms with Gasteiger partial charge in [-0.15, -0.1) is 22.7 Å². The van der Waals surface area contributed by atoms with Crippen molar-refractivity contribution in [2.45, 2.75) is 13.5 Å². The summed E-state index contributed by atoms with van der Waals surface area (Å²) >= 11 is 5.82. The number of carbonyl (C=O) groups excluding carboxylic acids is 3. The van der Waals surface area contributed by atoms with Crippen LogP contribution in [0.25, 0.3) is 10.4 Å². The molecule has 0 saturated heterocycles. The maximum absolute atomic E-state index is 12.6. The number of carbonyl (C=O) groups is 3. The molecule has 2 aromatic heterocycles. The highest BCUT2D eigenvalue weighted by molar-refractivity contribution is 9.10. The van der Waals surface area contributed by atoms with Gasteiger partial charge in [0.1, 0.15) is 5.75 Å². The van der Waals surface area contributed by atoms with Gasteiger partial charge in [-0.05, 0) is 54.4 Å². The SMILES string of the molecule is CC(=NNC(=O)c1ccc(C(=O)NCc2ccc(C(N)=O)cc2)s1)c1csc(-c2ccc(Br)cc2)c1O. The lowest BCUT2D eigenvalue weighted by Gasteiger charge is -2.04. The molecule has 2 aromatic carbocycles. The number of hydrazone groups is 1. The van der Waals surface area contributed by atoms with Crippen molar-refractivity contribution in [3.05, 3.63) is 97.0 Å². The van der Waals surface area contributed by atoms with Gasteiger partial charge in [-0.25, -0.2) is 5.43 Å². The highest BCUT2D eigenvalue weighted by Gasteiger charge is 2.17. The summed E-state index contributed by atoms with van der Waals surface area (Å²) in [6, 6.07) is 17.3. The van der Waals surface area contributed by atoms with E-state index in [0.29, 0.717) is 31.5 Å². The number of aromatic hydroxyl groups is 1. The second-order valence-electron chi connectivity index (χ2n) is 7.88.